The monoisotopic (exact) mass is 286 g/mol. The fourth-order valence-electron chi connectivity index (χ4n) is 3.78. The minimum atomic E-state index is -0.0750. The van der Waals surface area contributed by atoms with Crippen LogP contribution in [0, 0.1) is 12.8 Å². The summed E-state index contributed by atoms with van der Waals surface area (Å²) in [6.45, 7) is 6.44. The van der Waals surface area contributed by atoms with Gasteiger partial charge in [-0.1, -0.05) is 31.2 Å². The number of benzene rings is 1. The maximum Gasteiger partial charge on any atom is 0.241 e. The van der Waals surface area contributed by atoms with Gasteiger partial charge in [0.05, 0.1) is 6.04 Å². The van der Waals surface area contributed by atoms with Gasteiger partial charge in [-0.15, -0.1) is 0 Å². The Balaban J connectivity index is 1.88. The van der Waals surface area contributed by atoms with Crippen molar-refractivity contribution in [3.63, 3.8) is 0 Å². The van der Waals surface area contributed by atoms with Crippen molar-refractivity contribution in [2.24, 2.45) is 5.92 Å². The third-order valence-electron chi connectivity index (χ3n) is 5.17. The van der Waals surface area contributed by atoms with Crippen LogP contribution in [0.4, 0.5) is 0 Å². The van der Waals surface area contributed by atoms with Gasteiger partial charge in [0, 0.05) is 6.04 Å². The first-order chi connectivity index (χ1) is 10.1. The second kappa shape index (κ2) is 5.80. The second-order valence-electron chi connectivity index (χ2n) is 6.81. The van der Waals surface area contributed by atoms with E-state index in [9.17, 15) is 4.79 Å². The first-order valence-electron chi connectivity index (χ1n) is 8.21. The summed E-state index contributed by atoms with van der Waals surface area (Å²) in [6.07, 6.45) is 4.81. The summed E-state index contributed by atoms with van der Waals surface area (Å²) in [5.74, 6) is 1.07. The minimum Gasteiger partial charge on any atom is -0.319 e. The third kappa shape index (κ3) is 2.71. The molecule has 1 heterocycles. The molecule has 3 rings (SSSR count). The number of amides is 1. The highest BCUT2D eigenvalue weighted by atomic mass is 16.2. The molecule has 1 aromatic rings. The molecule has 1 N–H and O–H groups in total. The molecule has 1 aliphatic carbocycles. The van der Waals surface area contributed by atoms with Crippen LogP contribution in [0.3, 0.4) is 0 Å². The van der Waals surface area contributed by atoms with Gasteiger partial charge in [-0.2, -0.15) is 0 Å². The first kappa shape index (κ1) is 14.6. The maximum absolute atomic E-state index is 12.6. The van der Waals surface area contributed by atoms with Crippen LogP contribution in [0.1, 0.15) is 56.8 Å². The number of carbonyl (C=O) groups excluding carboxylic acids is 1. The predicted molar refractivity (Wildman–Crippen MR) is 84.8 cm³/mol. The lowest BCUT2D eigenvalue weighted by Crippen LogP contribution is -2.42. The molecule has 1 amide bonds. The average molecular weight is 286 g/mol. The molecule has 3 nitrogen and oxygen atoms in total. The van der Waals surface area contributed by atoms with E-state index in [1.54, 1.807) is 0 Å². The van der Waals surface area contributed by atoms with Crippen LogP contribution < -0.4 is 5.32 Å². The number of nitrogens with one attached hydrogen (secondary N) is 1. The van der Waals surface area contributed by atoms with Crippen molar-refractivity contribution in [1.82, 2.24) is 10.2 Å². The van der Waals surface area contributed by atoms with Gasteiger partial charge >= 0.3 is 0 Å². The molecule has 1 saturated carbocycles. The maximum atomic E-state index is 12.6. The van der Waals surface area contributed by atoms with Crippen LogP contribution >= 0.6 is 0 Å². The van der Waals surface area contributed by atoms with Crippen molar-refractivity contribution in [2.75, 3.05) is 0 Å². The molecule has 1 saturated heterocycles. The van der Waals surface area contributed by atoms with Crippen LogP contribution in [0.5, 0.6) is 0 Å². The summed E-state index contributed by atoms with van der Waals surface area (Å²) < 4.78 is 0. The SMILES string of the molecule is Cc1ccccc1C1NC(C)C(=O)N1C1CCC(C)CC1. The van der Waals surface area contributed by atoms with Crippen molar-refractivity contribution >= 4 is 5.91 Å². The second-order valence-corrected chi connectivity index (χ2v) is 6.81. The molecular weight excluding hydrogens is 260 g/mol. The zero-order chi connectivity index (χ0) is 15.0. The van der Waals surface area contributed by atoms with E-state index in [2.05, 4.69) is 48.3 Å². The van der Waals surface area contributed by atoms with Gasteiger partial charge in [-0.05, 0) is 56.6 Å². The van der Waals surface area contributed by atoms with E-state index in [0.717, 1.165) is 18.8 Å². The number of carbonyl (C=O) groups is 1. The molecule has 0 aromatic heterocycles. The smallest absolute Gasteiger partial charge is 0.241 e. The Labute approximate surface area is 127 Å². The van der Waals surface area contributed by atoms with E-state index >= 15 is 0 Å². The van der Waals surface area contributed by atoms with Gasteiger partial charge in [0.2, 0.25) is 5.91 Å². The van der Waals surface area contributed by atoms with Crippen LogP contribution in [-0.4, -0.2) is 22.9 Å². The summed E-state index contributed by atoms with van der Waals surface area (Å²) in [4.78, 5) is 14.8. The molecule has 1 aromatic carbocycles. The molecule has 2 fully saturated rings. The van der Waals surface area contributed by atoms with Crippen molar-refractivity contribution in [3.05, 3.63) is 35.4 Å². The fraction of sp³-hybridized carbons (Fsp3) is 0.611. The van der Waals surface area contributed by atoms with Gasteiger partial charge < -0.3 is 4.90 Å². The highest BCUT2D eigenvalue weighted by Gasteiger charge is 2.42. The molecule has 2 aliphatic rings. The number of hydrogen-bond acceptors (Lipinski definition) is 2. The molecule has 1 aliphatic heterocycles. The fourth-order valence-corrected chi connectivity index (χ4v) is 3.78. The first-order valence-corrected chi connectivity index (χ1v) is 8.21. The lowest BCUT2D eigenvalue weighted by molar-refractivity contribution is -0.133. The predicted octanol–water partition coefficient (Wildman–Crippen LogP) is 3.39. The lowest BCUT2D eigenvalue weighted by Gasteiger charge is -2.37. The number of rotatable bonds is 2. The summed E-state index contributed by atoms with van der Waals surface area (Å²) in [5.41, 5.74) is 2.50. The zero-order valence-electron chi connectivity index (χ0n) is 13.3. The Morgan fingerprint density at radius 3 is 2.43 bits per heavy atom. The molecular formula is C18H26N2O. The van der Waals surface area contributed by atoms with Crippen molar-refractivity contribution < 1.29 is 4.79 Å². The van der Waals surface area contributed by atoms with E-state index in [1.165, 1.54) is 24.0 Å². The summed E-state index contributed by atoms with van der Waals surface area (Å²) >= 11 is 0. The van der Waals surface area contributed by atoms with Crippen molar-refractivity contribution in [1.29, 1.82) is 0 Å². The largest absolute Gasteiger partial charge is 0.319 e. The Hall–Kier alpha value is -1.35. The van der Waals surface area contributed by atoms with Crippen LogP contribution in [-0.2, 0) is 4.79 Å². The Morgan fingerprint density at radius 1 is 1.10 bits per heavy atom. The number of nitrogens with zero attached hydrogens (tertiary/aromatic N) is 1. The molecule has 21 heavy (non-hydrogen) atoms. The van der Waals surface area contributed by atoms with E-state index in [-0.39, 0.29) is 18.1 Å². The Kier molecular flexibility index (Phi) is 4.03. The quantitative estimate of drug-likeness (QED) is 0.904. The molecule has 2 atom stereocenters. The zero-order valence-corrected chi connectivity index (χ0v) is 13.3. The van der Waals surface area contributed by atoms with Crippen LogP contribution in [0.25, 0.3) is 0 Å². The standard InChI is InChI=1S/C18H26N2O/c1-12-8-10-15(11-9-12)20-17(19-14(3)18(20)21)16-7-5-4-6-13(16)2/h4-7,12,14-15,17,19H,8-11H2,1-3H3. The van der Waals surface area contributed by atoms with Gasteiger partial charge in [-0.3, -0.25) is 10.1 Å². The summed E-state index contributed by atoms with van der Waals surface area (Å²) in [7, 11) is 0. The molecule has 0 bridgehead atoms. The van der Waals surface area contributed by atoms with E-state index in [4.69, 9.17) is 0 Å². The van der Waals surface area contributed by atoms with E-state index in [0.29, 0.717) is 6.04 Å². The highest BCUT2D eigenvalue weighted by Crippen LogP contribution is 2.35. The van der Waals surface area contributed by atoms with Gasteiger partial charge in [-0.25, -0.2) is 0 Å². The molecule has 0 spiro atoms. The average Bonchev–Trinajstić information content (AvgIpc) is 2.76. The van der Waals surface area contributed by atoms with Crippen molar-refractivity contribution in [3.8, 4) is 0 Å². The van der Waals surface area contributed by atoms with Gasteiger partial charge in [0.15, 0.2) is 0 Å². The molecule has 2 unspecified atom stereocenters. The molecule has 3 heteroatoms. The number of hydrogen-bond donors (Lipinski definition) is 1. The number of aryl methyl sites for hydroxylation is 1. The third-order valence-corrected chi connectivity index (χ3v) is 5.17. The van der Waals surface area contributed by atoms with Gasteiger partial charge in [0.25, 0.3) is 0 Å². The Bertz CT molecular complexity index is 520. The minimum absolute atomic E-state index is 0.0482. The molecule has 0 radical (unpaired) electrons. The van der Waals surface area contributed by atoms with Crippen LogP contribution in [0.2, 0.25) is 0 Å². The lowest BCUT2D eigenvalue weighted by atomic mass is 9.86. The topological polar surface area (TPSA) is 32.3 Å². The highest BCUT2D eigenvalue weighted by molar-refractivity contribution is 5.84. The summed E-state index contributed by atoms with van der Waals surface area (Å²) in [5, 5.41) is 3.50. The van der Waals surface area contributed by atoms with Gasteiger partial charge in [0.1, 0.15) is 6.17 Å². The van der Waals surface area contributed by atoms with E-state index in [1.807, 2.05) is 6.92 Å². The van der Waals surface area contributed by atoms with Crippen LogP contribution in [0.15, 0.2) is 24.3 Å². The summed E-state index contributed by atoms with van der Waals surface area (Å²) in [6, 6.07) is 8.73. The van der Waals surface area contributed by atoms with Crippen molar-refractivity contribution in [2.45, 2.75) is 64.7 Å². The Morgan fingerprint density at radius 2 is 1.76 bits per heavy atom. The normalized spacial score (nSPS) is 33.5. The molecule has 114 valence electrons. The van der Waals surface area contributed by atoms with E-state index < -0.39 is 0 Å².